The minimum atomic E-state index is 0.0433. The predicted octanol–water partition coefficient (Wildman–Crippen LogP) is 5.92. The number of rotatable bonds is 7. The Kier molecular flexibility index (Phi) is 6.91. The minimum absolute atomic E-state index is 0.0433. The SMILES string of the molecule is COc1cc(/C=N\NC(=O)[C@@H]2[C@H]3CCCC[C@]32C)cc(I)c1OCc1ccc(Br)cc1. The quantitative estimate of drug-likeness (QED) is 0.245. The van der Waals surface area contributed by atoms with Crippen molar-refractivity contribution in [1.82, 2.24) is 5.43 Å². The number of hydrogen-bond acceptors (Lipinski definition) is 4. The average Bonchev–Trinajstić information content (AvgIpc) is 3.39. The van der Waals surface area contributed by atoms with E-state index >= 15 is 0 Å². The molecule has 0 aliphatic heterocycles. The molecule has 0 saturated heterocycles. The molecule has 2 aromatic rings. The summed E-state index contributed by atoms with van der Waals surface area (Å²) in [6, 6.07) is 11.9. The Morgan fingerprint density at radius 3 is 2.77 bits per heavy atom. The van der Waals surface area contributed by atoms with Crippen molar-refractivity contribution in [2.24, 2.45) is 22.4 Å². The van der Waals surface area contributed by atoms with E-state index in [2.05, 4.69) is 56.0 Å². The molecule has 2 aromatic carbocycles. The number of ether oxygens (including phenoxy) is 2. The standard InChI is InChI=1S/C24H26BrIN2O3/c1-24-10-4-3-5-18(24)21(24)23(29)28-27-13-16-11-19(26)22(20(12-16)30-2)31-14-15-6-8-17(25)9-7-15/h6-9,11-13,18,21H,3-5,10,14H2,1-2H3,(H,28,29)/b27-13-/t18-,21+,24-/m1/s1. The molecule has 5 nitrogen and oxygen atoms in total. The fraction of sp³-hybridized carbons (Fsp3) is 0.417. The zero-order valence-electron chi connectivity index (χ0n) is 17.7. The predicted molar refractivity (Wildman–Crippen MR) is 133 cm³/mol. The molecule has 0 bridgehead atoms. The molecular weight excluding hydrogens is 571 g/mol. The second-order valence-electron chi connectivity index (χ2n) is 8.52. The van der Waals surface area contributed by atoms with Gasteiger partial charge in [0.1, 0.15) is 6.61 Å². The summed E-state index contributed by atoms with van der Waals surface area (Å²) in [7, 11) is 1.62. The van der Waals surface area contributed by atoms with Crippen LogP contribution in [0.5, 0.6) is 11.5 Å². The van der Waals surface area contributed by atoms with E-state index in [4.69, 9.17) is 9.47 Å². The van der Waals surface area contributed by atoms with Crippen LogP contribution in [0.25, 0.3) is 0 Å². The van der Waals surface area contributed by atoms with E-state index in [0.29, 0.717) is 24.0 Å². The number of methoxy groups -OCH3 is 1. The van der Waals surface area contributed by atoms with Gasteiger partial charge in [0.2, 0.25) is 5.91 Å². The van der Waals surface area contributed by atoms with E-state index in [9.17, 15) is 4.79 Å². The van der Waals surface area contributed by atoms with Gasteiger partial charge in [0.25, 0.3) is 0 Å². The summed E-state index contributed by atoms with van der Waals surface area (Å²) in [6.07, 6.45) is 6.44. The molecular formula is C24H26BrIN2O3. The topological polar surface area (TPSA) is 59.9 Å². The van der Waals surface area contributed by atoms with Gasteiger partial charge in [-0.1, -0.05) is 47.8 Å². The summed E-state index contributed by atoms with van der Waals surface area (Å²) in [5.41, 5.74) is 4.85. The van der Waals surface area contributed by atoms with Gasteiger partial charge in [-0.15, -0.1) is 0 Å². The zero-order chi connectivity index (χ0) is 22.0. The van der Waals surface area contributed by atoms with Crippen LogP contribution < -0.4 is 14.9 Å². The van der Waals surface area contributed by atoms with Crippen LogP contribution >= 0.6 is 38.5 Å². The van der Waals surface area contributed by atoms with E-state index < -0.39 is 0 Å². The van der Waals surface area contributed by atoms with Crippen molar-refractivity contribution in [2.45, 2.75) is 39.2 Å². The lowest BCUT2D eigenvalue weighted by Gasteiger charge is -2.15. The molecule has 2 saturated carbocycles. The maximum absolute atomic E-state index is 12.6. The van der Waals surface area contributed by atoms with Crippen LogP contribution in [-0.2, 0) is 11.4 Å². The van der Waals surface area contributed by atoms with Crippen LogP contribution in [0.2, 0.25) is 0 Å². The Bertz CT molecular complexity index is 995. The zero-order valence-corrected chi connectivity index (χ0v) is 21.4. The van der Waals surface area contributed by atoms with Crippen molar-refractivity contribution in [3.63, 3.8) is 0 Å². The third-order valence-electron chi connectivity index (χ3n) is 6.55. The van der Waals surface area contributed by atoms with Crippen LogP contribution in [-0.4, -0.2) is 19.2 Å². The summed E-state index contributed by atoms with van der Waals surface area (Å²) >= 11 is 5.67. The van der Waals surface area contributed by atoms with Gasteiger partial charge < -0.3 is 9.47 Å². The number of hydrazone groups is 1. The fourth-order valence-corrected chi connectivity index (χ4v) is 5.83. The van der Waals surface area contributed by atoms with E-state index in [1.807, 2.05) is 36.4 Å². The van der Waals surface area contributed by atoms with Gasteiger partial charge in [-0.2, -0.15) is 5.10 Å². The first-order valence-corrected chi connectivity index (χ1v) is 12.4. The van der Waals surface area contributed by atoms with E-state index in [1.165, 1.54) is 12.8 Å². The summed E-state index contributed by atoms with van der Waals surface area (Å²) in [5.74, 6) is 2.01. The summed E-state index contributed by atoms with van der Waals surface area (Å²) in [5, 5.41) is 4.21. The number of carbonyl (C=O) groups is 1. The van der Waals surface area contributed by atoms with Crippen molar-refractivity contribution in [3.8, 4) is 11.5 Å². The molecule has 2 aliphatic rings. The smallest absolute Gasteiger partial charge is 0.244 e. The molecule has 3 atom stereocenters. The second-order valence-corrected chi connectivity index (χ2v) is 10.6. The maximum Gasteiger partial charge on any atom is 0.244 e. The number of nitrogens with one attached hydrogen (secondary N) is 1. The maximum atomic E-state index is 12.6. The van der Waals surface area contributed by atoms with Gasteiger partial charge in [-0.3, -0.25) is 4.79 Å². The van der Waals surface area contributed by atoms with E-state index in [1.54, 1.807) is 13.3 Å². The first-order valence-electron chi connectivity index (χ1n) is 10.5. The van der Waals surface area contributed by atoms with Crippen LogP contribution in [0.15, 0.2) is 46.0 Å². The molecule has 1 N–H and O–H groups in total. The Hall–Kier alpha value is -1.61. The Morgan fingerprint density at radius 1 is 1.32 bits per heavy atom. The van der Waals surface area contributed by atoms with Gasteiger partial charge in [-0.05, 0) is 82.2 Å². The number of amides is 1. The monoisotopic (exact) mass is 596 g/mol. The number of carbonyl (C=O) groups excluding carboxylic acids is 1. The highest BCUT2D eigenvalue weighted by atomic mass is 127. The highest BCUT2D eigenvalue weighted by Gasteiger charge is 2.64. The molecule has 0 heterocycles. The second kappa shape index (κ2) is 9.48. The van der Waals surface area contributed by atoms with Gasteiger partial charge in [0.15, 0.2) is 11.5 Å². The van der Waals surface area contributed by atoms with Crippen molar-refractivity contribution in [3.05, 3.63) is 55.6 Å². The molecule has 2 aliphatic carbocycles. The van der Waals surface area contributed by atoms with Crippen LogP contribution in [0, 0.1) is 20.8 Å². The molecule has 164 valence electrons. The molecule has 7 heteroatoms. The number of nitrogens with zero attached hydrogens (tertiary/aromatic N) is 1. The summed E-state index contributed by atoms with van der Waals surface area (Å²) in [4.78, 5) is 12.6. The average molecular weight is 597 g/mol. The first-order chi connectivity index (χ1) is 14.9. The lowest BCUT2D eigenvalue weighted by Crippen LogP contribution is -2.22. The third-order valence-corrected chi connectivity index (χ3v) is 7.88. The number of benzene rings is 2. The Labute approximate surface area is 205 Å². The van der Waals surface area contributed by atoms with Crippen LogP contribution in [0.4, 0.5) is 0 Å². The molecule has 4 rings (SSSR count). The van der Waals surface area contributed by atoms with Crippen molar-refractivity contribution < 1.29 is 14.3 Å². The van der Waals surface area contributed by atoms with Crippen molar-refractivity contribution >= 4 is 50.6 Å². The molecule has 1 amide bonds. The first kappa shape index (κ1) is 22.6. The number of hydrogen-bond donors (Lipinski definition) is 1. The molecule has 0 aromatic heterocycles. The van der Waals surface area contributed by atoms with Crippen LogP contribution in [0.1, 0.15) is 43.7 Å². The molecule has 0 unspecified atom stereocenters. The van der Waals surface area contributed by atoms with Crippen LogP contribution in [0.3, 0.4) is 0 Å². The van der Waals surface area contributed by atoms with Gasteiger partial charge in [-0.25, -0.2) is 5.43 Å². The van der Waals surface area contributed by atoms with Crippen molar-refractivity contribution in [1.29, 1.82) is 0 Å². The highest BCUT2D eigenvalue weighted by molar-refractivity contribution is 14.1. The number of halogens is 2. The largest absolute Gasteiger partial charge is 0.493 e. The van der Waals surface area contributed by atoms with Gasteiger partial charge in [0.05, 0.1) is 16.9 Å². The van der Waals surface area contributed by atoms with Gasteiger partial charge >= 0.3 is 0 Å². The van der Waals surface area contributed by atoms with E-state index in [-0.39, 0.29) is 17.2 Å². The molecule has 0 spiro atoms. The lowest BCUT2D eigenvalue weighted by molar-refractivity contribution is -0.123. The molecule has 31 heavy (non-hydrogen) atoms. The Balaban J connectivity index is 1.39. The lowest BCUT2D eigenvalue weighted by atomic mass is 9.90. The normalized spacial score (nSPS) is 24.5. The summed E-state index contributed by atoms with van der Waals surface area (Å²) < 4.78 is 13.5. The highest BCUT2D eigenvalue weighted by Crippen LogP contribution is 2.66. The molecule has 0 radical (unpaired) electrons. The number of fused-ring (bicyclic) bond motifs is 1. The fourth-order valence-electron chi connectivity index (χ4n) is 4.78. The Morgan fingerprint density at radius 2 is 2.10 bits per heavy atom. The minimum Gasteiger partial charge on any atom is -0.493 e. The molecule has 2 fully saturated rings. The third kappa shape index (κ3) is 4.92. The summed E-state index contributed by atoms with van der Waals surface area (Å²) in [6.45, 7) is 2.69. The van der Waals surface area contributed by atoms with Crippen molar-refractivity contribution in [2.75, 3.05) is 7.11 Å². The van der Waals surface area contributed by atoms with Gasteiger partial charge in [0, 0.05) is 10.4 Å². The van der Waals surface area contributed by atoms with E-state index in [0.717, 1.165) is 32.0 Å².